The molecule has 7 heteroatoms. The van der Waals surface area contributed by atoms with Crippen molar-refractivity contribution in [2.45, 2.75) is 6.04 Å². The van der Waals surface area contributed by atoms with Crippen molar-refractivity contribution in [1.29, 1.82) is 0 Å². The van der Waals surface area contributed by atoms with Crippen LogP contribution in [0.25, 0.3) is 0 Å². The third-order valence-corrected chi connectivity index (χ3v) is 1.14. The summed E-state index contributed by atoms with van der Waals surface area (Å²) in [5.41, 5.74) is 6.97. The van der Waals surface area contributed by atoms with Crippen molar-refractivity contribution in [1.82, 2.24) is 10.7 Å². The van der Waals surface area contributed by atoms with Gasteiger partial charge in [0.25, 0.3) is 0 Å². The lowest BCUT2D eigenvalue weighted by molar-refractivity contribution is -0.137. The van der Waals surface area contributed by atoms with Gasteiger partial charge < -0.3 is 16.2 Å². The van der Waals surface area contributed by atoms with Gasteiger partial charge in [0.05, 0.1) is 0 Å². The monoisotopic (exact) mass is 188 g/mol. The zero-order chi connectivity index (χ0) is 10.3. The van der Waals surface area contributed by atoms with Gasteiger partial charge in [0, 0.05) is 6.54 Å². The first-order valence-corrected chi connectivity index (χ1v) is 3.47. The van der Waals surface area contributed by atoms with Crippen LogP contribution < -0.4 is 22.3 Å². The van der Waals surface area contributed by atoms with E-state index in [9.17, 15) is 9.59 Å². The average molecular weight is 188 g/mol. The summed E-state index contributed by atoms with van der Waals surface area (Å²) in [6, 6.07) is -1.60. The quantitative estimate of drug-likeness (QED) is 0.153. The number of amides is 2. The Bertz CT molecular complexity index is 216. The van der Waals surface area contributed by atoms with E-state index in [1.165, 1.54) is 12.2 Å². The highest BCUT2D eigenvalue weighted by Gasteiger charge is 2.04. The molecule has 1 atom stereocenters. The van der Waals surface area contributed by atoms with Gasteiger partial charge in [-0.25, -0.2) is 10.6 Å². The van der Waals surface area contributed by atoms with Crippen LogP contribution in [0.5, 0.6) is 0 Å². The van der Waals surface area contributed by atoms with Gasteiger partial charge in [-0.2, -0.15) is 0 Å². The molecule has 0 aromatic heterocycles. The largest absolute Gasteiger partial charge is 0.480 e. The smallest absolute Gasteiger partial charge is 0.329 e. The van der Waals surface area contributed by atoms with Gasteiger partial charge in [-0.05, 0) is 0 Å². The number of urea groups is 1. The average Bonchev–Trinajstić information content (AvgIpc) is 2.11. The Morgan fingerprint density at radius 2 is 2.15 bits per heavy atom. The first-order valence-electron chi connectivity index (χ1n) is 3.47. The molecule has 0 saturated heterocycles. The number of nitrogens with one attached hydrogen (secondary N) is 2. The Labute approximate surface area is 74.7 Å². The molecule has 0 aromatic rings. The van der Waals surface area contributed by atoms with Crippen molar-refractivity contribution in [3.8, 4) is 0 Å². The fourth-order valence-electron chi connectivity index (χ4n) is 0.500. The van der Waals surface area contributed by atoms with E-state index in [0.717, 1.165) is 0 Å². The van der Waals surface area contributed by atoms with Crippen LogP contribution in [0.4, 0.5) is 4.79 Å². The lowest BCUT2D eigenvalue weighted by atomic mass is 10.3. The molecule has 74 valence electrons. The summed E-state index contributed by atoms with van der Waals surface area (Å²) < 4.78 is 0. The molecule has 0 spiro atoms. The molecule has 0 saturated carbocycles. The zero-order valence-corrected chi connectivity index (χ0v) is 6.86. The molecule has 0 aliphatic heterocycles. The van der Waals surface area contributed by atoms with Gasteiger partial charge in [0.15, 0.2) is 0 Å². The highest BCUT2D eigenvalue weighted by atomic mass is 16.4. The van der Waals surface area contributed by atoms with Crippen LogP contribution in [0.15, 0.2) is 12.2 Å². The van der Waals surface area contributed by atoms with Crippen molar-refractivity contribution in [2.24, 2.45) is 11.6 Å². The second kappa shape index (κ2) is 5.98. The molecule has 13 heavy (non-hydrogen) atoms. The third kappa shape index (κ3) is 5.65. The van der Waals surface area contributed by atoms with Crippen molar-refractivity contribution in [3.05, 3.63) is 12.2 Å². The van der Waals surface area contributed by atoms with Crippen LogP contribution in [0.1, 0.15) is 0 Å². The highest BCUT2D eigenvalue weighted by Crippen LogP contribution is 1.80. The number of aliphatic carboxylic acids is 1. The highest BCUT2D eigenvalue weighted by molar-refractivity contribution is 5.75. The van der Waals surface area contributed by atoms with Crippen LogP contribution in [0.3, 0.4) is 0 Å². The molecule has 0 aliphatic rings. The molecule has 2 amide bonds. The number of carboxylic acids is 1. The molecule has 0 aromatic carbocycles. The summed E-state index contributed by atoms with van der Waals surface area (Å²) >= 11 is 0. The minimum atomic E-state index is -1.13. The Kier molecular flexibility index (Phi) is 5.24. The van der Waals surface area contributed by atoms with Crippen molar-refractivity contribution >= 4 is 12.0 Å². The Morgan fingerprint density at radius 3 is 2.62 bits per heavy atom. The minimum Gasteiger partial charge on any atom is -0.480 e. The Hall–Kier alpha value is -1.60. The summed E-state index contributed by atoms with van der Waals surface area (Å²) in [7, 11) is 0. The Morgan fingerprint density at radius 1 is 1.54 bits per heavy atom. The summed E-state index contributed by atoms with van der Waals surface area (Å²) in [6.45, 7) is 0.171. The number of carboxylic acid groups (broad SMARTS) is 1. The fourth-order valence-corrected chi connectivity index (χ4v) is 0.500. The van der Waals surface area contributed by atoms with Gasteiger partial charge in [0.2, 0.25) is 0 Å². The normalized spacial score (nSPS) is 12.5. The third-order valence-electron chi connectivity index (χ3n) is 1.14. The maximum atomic E-state index is 10.5. The molecule has 0 aliphatic carbocycles. The molecule has 0 bridgehead atoms. The fraction of sp³-hybridized carbons (Fsp3) is 0.333. The topological polar surface area (TPSA) is 130 Å². The predicted octanol–water partition coefficient (Wildman–Crippen LogP) is -1.87. The molecule has 0 heterocycles. The van der Waals surface area contributed by atoms with E-state index in [0.29, 0.717) is 0 Å². The van der Waals surface area contributed by atoms with Gasteiger partial charge in [-0.1, -0.05) is 12.2 Å². The molecule has 0 fully saturated rings. The number of rotatable bonds is 4. The standard InChI is InChI=1S/C6H12N4O3/c7-4(5(11)12)2-1-3-9-6(13)10-8/h1-2,4H,3,7-8H2,(H,11,12)(H2,9,10,13). The van der Waals surface area contributed by atoms with E-state index in [4.69, 9.17) is 16.7 Å². The zero-order valence-electron chi connectivity index (χ0n) is 6.86. The van der Waals surface area contributed by atoms with E-state index in [1.54, 1.807) is 0 Å². The number of hydrogen-bond acceptors (Lipinski definition) is 4. The second-order valence-electron chi connectivity index (χ2n) is 2.15. The predicted molar refractivity (Wildman–Crippen MR) is 45.5 cm³/mol. The molecule has 7 nitrogen and oxygen atoms in total. The summed E-state index contributed by atoms with van der Waals surface area (Å²) in [5, 5.41) is 10.7. The van der Waals surface area contributed by atoms with Gasteiger partial charge in [-0.3, -0.25) is 10.2 Å². The van der Waals surface area contributed by atoms with Crippen LogP contribution in [-0.4, -0.2) is 29.7 Å². The molecule has 1 unspecified atom stereocenters. The van der Waals surface area contributed by atoms with E-state index in [2.05, 4.69) is 5.32 Å². The maximum absolute atomic E-state index is 10.5. The molecular weight excluding hydrogens is 176 g/mol. The van der Waals surface area contributed by atoms with Gasteiger partial charge >= 0.3 is 12.0 Å². The number of hydrazine groups is 1. The minimum absolute atomic E-state index is 0.171. The first kappa shape index (κ1) is 11.4. The lowest BCUT2D eigenvalue weighted by Crippen LogP contribution is -2.40. The van der Waals surface area contributed by atoms with Crippen molar-refractivity contribution in [2.75, 3.05) is 6.54 Å². The number of nitrogens with two attached hydrogens (primary N) is 2. The summed E-state index contributed by atoms with van der Waals surface area (Å²) in [6.07, 6.45) is 2.69. The first-order chi connectivity index (χ1) is 6.07. The lowest BCUT2D eigenvalue weighted by Gasteiger charge is -2.00. The molecule has 0 radical (unpaired) electrons. The molecule has 7 N–H and O–H groups in total. The van der Waals surface area contributed by atoms with Gasteiger partial charge in [-0.15, -0.1) is 0 Å². The SMILES string of the molecule is NNC(=O)NCC=CC(N)C(=O)O. The summed E-state index contributed by atoms with van der Waals surface area (Å²) in [4.78, 5) is 20.6. The number of hydrogen-bond donors (Lipinski definition) is 5. The van der Waals surface area contributed by atoms with Crippen LogP contribution in [0, 0.1) is 0 Å². The maximum Gasteiger partial charge on any atom is 0.329 e. The number of carbonyl (C=O) groups is 2. The summed E-state index contributed by atoms with van der Waals surface area (Å²) in [5.74, 6) is 3.63. The van der Waals surface area contributed by atoms with Crippen molar-refractivity contribution in [3.63, 3.8) is 0 Å². The van der Waals surface area contributed by atoms with Crippen LogP contribution in [0.2, 0.25) is 0 Å². The molecule has 0 rings (SSSR count). The van der Waals surface area contributed by atoms with Gasteiger partial charge in [0.1, 0.15) is 6.04 Å². The van der Waals surface area contributed by atoms with Crippen LogP contribution >= 0.6 is 0 Å². The van der Waals surface area contributed by atoms with E-state index >= 15 is 0 Å². The molecular formula is C6H12N4O3. The second-order valence-corrected chi connectivity index (χ2v) is 2.15. The van der Waals surface area contributed by atoms with E-state index in [1.807, 2.05) is 5.43 Å². The Balaban J connectivity index is 3.63. The van der Waals surface area contributed by atoms with E-state index < -0.39 is 18.0 Å². The van der Waals surface area contributed by atoms with Crippen molar-refractivity contribution < 1.29 is 14.7 Å². The van der Waals surface area contributed by atoms with E-state index in [-0.39, 0.29) is 6.54 Å². The van der Waals surface area contributed by atoms with Crippen LogP contribution in [-0.2, 0) is 4.79 Å². The number of carbonyl (C=O) groups excluding carboxylic acids is 1.